The van der Waals surface area contributed by atoms with Gasteiger partial charge in [0.2, 0.25) is 0 Å². The molecule has 0 unspecified atom stereocenters. The van der Waals surface area contributed by atoms with Gasteiger partial charge in [0.15, 0.2) is 9.84 Å². The first-order chi connectivity index (χ1) is 5.70. The van der Waals surface area contributed by atoms with Crippen LogP contribution >= 0.6 is 0 Å². The summed E-state index contributed by atoms with van der Waals surface area (Å²) in [4.78, 5) is 0. The largest absolute Gasteiger partial charge is 0.229 e. The van der Waals surface area contributed by atoms with Gasteiger partial charge in [-0.3, -0.25) is 0 Å². The predicted molar refractivity (Wildman–Crippen MR) is 48.8 cm³/mol. The van der Waals surface area contributed by atoms with Crippen LogP contribution in [0.2, 0.25) is 0 Å². The summed E-state index contributed by atoms with van der Waals surface area (Å²) in [7, 11) is -2.68. The van der Waals surface area contributed by atoms with E-state index < -0.39 is 9.84 Å². The van der Waals surface area contributed by atoms with E-state index in [1.54, 1.807) is 0 Å². The zero-order valence-corrected chi connectivity index (χ0v) is 8.15. The number of fused-ring (bicyclic) bond motifs is 1. The molecule has 2 aliphatic rings. The average molecular weight is 188 g/mol. The summed E-state index contributed by atoms with van der Waals surface area (Å²) in [5.41, 5.74) is 0. The second-order valence-electron chi connectivity index (χ2n) is 4.09. The van der Waals surface area contributed by atoms with Gasteiger partial charge in [-0.25, -0.2) is 8.42 Å². The summed E-state index contributed by atoms with van der Waals surface area (Å²) in [6.45, 7) is 0. The lowest BCUT2D eigenvalue weighted by atomic mass is 9.85. The van der Waals surface area contributed by atoms with E-state index in [2.05, 4.69) is 0 Å². The van der Waals surface area contributed by atoms with Crippen LogP contribution in [-0.4, -0.2) is 19.4 Å². The molecule has 0 radical (unpaired) electrons. The van der Waals surface area contributed by atoms with Crippen LogP contribution in [0.4, 0.5) is 0 Å². The standard InChI is InChI=1S/C9H16O2S/c10-12(11)7-3-5-8-4-1-2-6-9(8)12/h8-9H,1-7H2/t8-,9+/m1/s1. The number of sulfone groups is 1. The summed E-state index contributed by atoms with van der Waals surface area (Å²) in [6.07, 6.45) is 6.53. The Kier molecular flexibility index (Phi) is 2.15. The molecule has 0 spiro atoms. The van der Waals surface area contributed by atoms with Crippen molar-refractivity contribution in [2.75, 3.05) is 5.75 Å². The summed E-state index contributed by atoms with van der Waals surface area (Å²) < 4.78 is 23.2. The maximum absolute atomic E-state index is 11.6. The zero-order chi connectivity index (χ0) is 8.60. The molecule has 2 rings (SSSR count). The Morgan fingerprint density at radius 1 is 0.917 bits per heavy atom. The number of rotatable bonds is 0. The molecule has 2 atom stereocenters. The van der Waals surface area contributed by atoms with E-state index in [0.717, 1.165) is 32.1 Å². The van der Waals surface area contributed by atoms with Gasteiger partial charge < -0.3 is 0 Å². The molecule has 2 nitrogen and oxygen atoms in total. The van der Waals surface area contributed by atoms with Crippen LogP contribution in [0.25, 0.3) is 0 Å². The Morgan fingerprint density at radius 2 is 1.58 bits per heavy atom. The minimum absolute atomic E-state index is 0.0417. The Morgan fingerprint density at radius 3 is 2.33 bits per heavy atom. The van der Waals surface area contributed by atoms with E-state index in [0.29, 0.717) is 11.7 Å². The molecule has 12 heavy (non-hydrogen) atoms. The molecule has 2 fully saturated rings. The molecule has 1 saturated heterocycles. The SMILES string of the molecule is O=S1(=O)CCC[C@H]2CCCC[C@@H]21. The van der Waals surface area contributed by atoms with Gasteiger partial charge in [-0.2, -0.15) is 0 Å². The van der Waals surface area contributed by atoms with Crippen molar-refractivity contribution in [1.29, 1.82) is 0 Å². The molecule has 3 heteroatoms. The van der Waals surface area contributed by atoms with Gasteiger partial charge in [-0.05, 0) is 31.6 Å². The lowest BCUT2D eigenvalue weighted by Gasteiger charge is -2.34. The normalized spacial score (nSPS) is 40.3. The highest BCUT2D eigenvalue weighted by atomic mass is 32.2. The van der Waals surface area contributed by atoms with E-state index in [9.17, 15) is 8.42 Å². The summed E-state index contributed by atoms with van der Waals surface area (Å²) in [5.74, 6) is 0.964. The van der Waals surface area contributed by atoms with Crippen LogP contribution < -0.4 is 0 Å². The van der Waals surface area contributed by atoms with Crippen LogP contribution in [0.3, 0.4) is 0 Å². The molecule has 0 aromatic rings. The quantitative estimate of drug-likeness (QED) is 0.580. The van der Waals surface area contributed by atoms with Crippen LogP contribution in [0.1, 0.15) is 38.5 Å². The third kappa shape index (κ3) is 1.39. The Balaban J connectivity index is 2.20. The van der Waals surface area contributed by atoms with Gasteiger partial charge in [0.25, 0.3) is 0 Å². The smallest absolute Gasteiger partial charge is 0.153 e. The van der Waals surface area contributed by atoms with E-state index >= 15 is 0 Å². The van der Waals surface area contributed by atoms with Gasteiger partial charge >= 0.3 is 0 Å². The second kappa shape index (κ2) is 3.02. The van der Waals surface area contributed by atoms with Crippen LogP contribution in [0.5, 0.6) is 0 Å². The van der Waals surface area contributed by atoms with E-state index in [4.69, 9.17) is 0 Å². The molecule has 0 amide bonds. The third-order valence-corrected chi connectivity index (χ3v) is 5.71. The van der Waals surface area contributed by atoms with E-state index in [-0.39, 0.29) is 5.25 Å². The molecule has 1 heterocycles. The molecular formula is C9H16O2S. The summed E-state index contributed by atoms with van der Waals surface area (Å²) in [5, 5.41) is 0.0417. The third-order valence-electron chi connectivity index (χ3n) is 3.30. The summed E-state index contributed by atoms with van der Waals surface area (Å²) in [6, 6.07) is 0. The van der Waals surface area contributed by atoms with Crippen molar-refractivity contribution < 1.29 is 8.42 Å². The topological polar surface area (TPSA) is 34.1 Å². The minimum atomic E-state index is -2.68. The first-order valence-electron chi connectivity index (χ1n) is 4.92. The van der Waals surface area contributed by atoms with Crippen LogP contribution in [0.15, 0.2) is 0 Å². The predicted octanol–water partition coefficient (Wildman–Crippen LogP) is 1.75. The monoisotopic (exact) mass is 188 g/mol. The Bertz CT molecular complexity index is 254. The van der Waals surface area contributed by atoms with Crippen molar-refractivity contribution in [3.8, 4) is 0 Å². The molecule has 1 aliphatic carbocycles. The number of hydrogen-bond acceptors (Lipinski definition) is 2. The van der Waals surface area contributed by atoms with Crippen LogP contribution in [0, 0.1) is 5.92 Å². The van der Waals surface area contributed by atoms with E-state index in [1.165, 1.54) is 6.42 Å². The maximum atomic E-state index is 11.6. The fraction of sp³-hybridized carbons (Fsp3) is 1.00. The molecule has 70 valence electrons. The highest BCUT2D eigenvalue weighted by Gasteiger charge is 2.37. The second-order valence-corrected chi connectivity index (χ2v) is 6.43. The average Bonchev–Trinajstić information content (AvgIpc) is 2.04. The molecule has 0 aromatic heterocycles. The molecule has 1 aliphatic heterocycles. The number of hydrogen-bond donors (Lipinski definition) is 0. The van der Waals surface area contributed by atoms with Crippen molar-refractivity contribution in [3.05, 3.63) is 0 Å². The first-order valence-corrected chi connectivity index (χ1v) is 6.63. The molecule has 0 N–H and O–H groups in total. The fourth-order valence-corrected chi connectivity index (χ4v) is 4.93. The Hall–Kier alpha value is -0.0500. The van der Waals surface area contributed by atoms with Crippen molar-refractivity contribution in [2.24, 2.45) is 5.92 Å². The van der Waals surface area contributed by atoms with Crippen molar-refractivity contribution >= 4 is 9.84 Å². The molecule has 0 bridgehead atoms. The highest BCUT2D eigenvalue weighted by Crippen LogP contribution is 2.36. The minimum Gasteiger partial charge on any atom is -0.229 e. The van der Waals surface area contributed by atoms with Gasteiger partial charge in [-0.15, -0.1) is 0 Å². The van der Waals surface area contributed by atoms with Crippen LogP contribution in [-0.2, 0) is 9.84 Å². The highest BCUT2D eigenvalue weighted by molar-refractivity contribution is 7.92. The van der Waals surface area contributed by atoms with Gasteiger partial charge in [0.05, 0.1) is 11.0 Å². The van der Waals surface area contributed by atoms with Crippen molar-refractivity contribution in [2.45, 2.75) is 43.8 Å². The van der Waals surface area contributed by atoms with E-state index in [1.807, 2.05) is 0 Å². The van der Waals surface area contributed by atoms with Gasteiger partial charge in [0.1, 0.15) is 0 Å². The zero-order valence-electron chi connectivity index (χ0n) is 7.33. The maximum Gasteiger partial charge on any atom is 0.153 e. The van der Waals surface area contributed by atoms with Gasteiger partial charge in [-0.1, -0.05) is 12.8 Å². The lowest BCUT2D eigenvalue weighted by Crippen LogP contribution is -2.38. The first kappa shape index (κ1) is 8.54. The Labute approximate surface area is 74.3 Å². The van der Waals surface area contributed by atoms with Gasteiger partial charge in [0, 0.05) is 0 Å². The lowest BCUT2D eigenvalue weighted by molar-refractivity contribution is 0.323. The summed E-state index contributed by atoms with van der Waals surface area (Å²) >= 11 is 0. The molecular weight excluding hydrogens is 172 g/mol. The molecule has 1 saturated carbocycles. The van der Waals surface area contributed by atoms with Crippen molar-refractivity contribution in [1.82, 2.24) is 0 Å². The fourth-order valence-electron chi connectivity index (χ4n) is 2.67. The van der Waals surface area contributed by atoms with Crippen molar-refractivity contribution in [3.63, 3.8) is 0 Å². The molecule has 0 aromatic carbocycles.